The van der Waals surface area contributed by atoms with Gasteiger partial charge in [-0.3, -0.25) is 20.0 Å². The Kier molecular flexibility index (Phi) is 5.19. The minimum atomic E-state index is -0.392. The third-order valence-corrected chi connectivity index (χ3v) is 5.63. The van der Waals surface area contributed by atoms with E-state index < -0.39 is 6.03 Å². The molecule has 0 aliphatic carbocycles. The normalized spacial score (nSPS) is 11.0. The Balaban J connectivity index is 1.16. The van der Waals surface area contributed by atoms with Crippen LogP contribution in [0.5, 0.6) is 0 Å². The lowest BCUT2D eigenvalue weighted by atomic mass is 10.1. The van der Waals surface area contributed by atoms with Crippen molar-refractivity contribution in [2.24, 2.45) is 0 Å². The summed E-state index contributed by atoms with van der Waals surface area (Å²) in [5.41, 5.74) is 5.83. The van der Waals surface area contributed by atoms with E-state index in [0.717, 1.165) is 45.1 Å². The molecule has 0 fully saturated rings. The van der Waals surface area contributed by atoms with Crippen molar-refractivity contribution in [1.82, 2.24) is 39.7 Å². The van der Waals surface area contributed by atoms with Crippen molar-refractivity contribution in [2.45, 2.75) is 6.92 Å². The molecular formula is C25H20N10O. The summed E-state index contributed by atoms with van der Waals surface area (Å²) in [6.07, 6.45) is 8.57. The highest BCUT2D eigenvalue weighted by molar-refractivity contribution is 5.99. The molecule has 0 saturated heterocycles. The summed E-state index contributed by atoms with van der Waals surface area (Å²) in [5.74, 6) is 1.17. The highest BCUT2D eigenvalue weighted by Gasteiger charge is 2.12. The predicted octanol–water partition coefficient (Wildman–Crippen LogP) is 4.55. The second-order valence-corrected chi connectivity index (χ2v) is 8.12. The molecular weight excluding hydrogens is 456 g/mol. The molecule has 0 aliphatic rings. The topological polar surface area (TPSA) is 142 Å². The first-order valence-corrected chi connectivity index (χ1v) is 11.1. The highest BCUT2D eigenvalue weighted by Crippen LogP contribution is 2.27. The van der Waals surface area contributed by atoms with Gasteiger partial charge in [0, 0.05) is 41.6 Å². The van der Waals surface area contributed by atoms with Crippen LogP contribution in [0.4, 0.5) is 16.3 Å². The number of nitrogens with one attached hydrogen (secondary N) is 4. The van der Waals surface area contributed by atoms with Gasteiger partial charge >= 0.3 is 6.03 Å². The smallest absolute Gasteiger partial charge is 0.324 e. The Morgan fingerprint density at radius 2 is 1.72 bits per heavy atom. The van der Waals surface area contributed by atoms with Gasteiger partial charge in [-0.2, -0.15) is 5.10 Å². The molecule has 11 heteroatoms. The van der Waals surface area contributed by atoms with E-state index in [-0.39, 0.29) is 0 Å². The number of H-pyrrole nitrogens is 2. The minimum Gasteiger partial charge on any atom is -0.339 e. The van der Waals surface area contributed by atoms with E-state index in [1.807, 2.05) is 60.2 Å². The van der Waals surface area contributed by atoms with E-state index in [1.165, 1.54) is 6.33 Å². The Morgan fingerprint density at radius 3 is 2.50 bits per heavy atom. The summed E-state index contributed by atoms with van der Waals surface area (Å²) >= 11 is 0. The monoisotopic (exact) mass is 476 g/mol. The Hall–Kier alpha value is -5.32. The Morgan fingerprint density at radius 1 is 0.917 bits per heavy atom. The van der Waals surface area contributed by atoms with E-state index in [4.69, 9.17) is 0 Å². The lowest BCUT2D eigenvalue weighted by Gasteiger charge is -2.06. The summed E-state index contributed by atoms with van der Waals surface area (Å²) in [4.78, 5) is 32.9. The number of carbonyl (C=O) groups is 1. The highest BCUT2D eigenvalue weighted by atomic mass is 16.2. The van der Waals surface area contributed by atoms with Crippen LogP contribution in [-0.4, -0.2) is 45.7 Å². The molecule has 0 saturated carbocycles. The fourth-order valence-electron chi connectivity index (χ4n) is 3.90. The second-order valence-electron chi connectivity index (χ2n) is 8.12. The Bertz CT molecular complexity index is 1660. The molecule has 5 aromatic heterocycles. The van der Waals surface area contributed by atoms with Crippen molar-refractivity contribution in [3.63, 3.8) is 0 Å². The van der Waals surface area contributed by atoms with Crippen LogP contribution < -0.4 is 10.6 Å². The molecule has 1 aromatic carbocycles. The molecule has 0 radical (unpaired) electrons. The number of anilines is 2. The average Bonchev–Trinajstić information content (AvgIpc) is 3.64. The van der Waals surface area contributed by atoms with Crippen molar-refractivity contribution in [1.29, 1.82) is 0 Å². The number of imidazole rings is 1. The van der Waals surface area contributed by atoms with E-state index in [2.05, 4.69) is 45.8 Å². The molecule has 11 nitrogen and oxygen atoms in total. The molecule has 0 aliphatic heterocycles. The molecule has 4 N–H and O–H groups in total. The lowest BCUT2D eigenvalue weighted by Crippen LogP contribution is -2.19. The predicted molar refractivity (Wildman–Crippen MR) is 136 cm³/mol. The van der Waals surface area contributed by atoms with Crippen LogP contribution in [0, 0.1) is 6.92 Å². The van der Waals surface area contributed by atoms with Gasteiger partial charge in [0.1, 0.15) is 18.3 Å². The summed E-state index contributed by atoms with van der Waals surface area (Å²) in [6.45, 7) is 1.93. The van der Waals surface area contributed by atoms with Crippen LogP contribution in [0.3, 0.4) is 0 Å². The number of aromatic nitrogens is 8. The molecule has 0 spiro atoms. The fraction of sp³-hybridized carbons (Fsp3) is 0.0400. The van der Waals surface area contributed by atoms with E-state index in [9.17, 15) is 4.79 Å². The van der Waals surface area contributed by atoms with Crippen LogP contribution in [0.2, 0.25) is 0 Å². The maximum atomic E-state index is 12.5. The molecule has 6 rings (SSSR count). The largest absolute Gasteiger partial charge is 0.339 e. The number of pyridine rings is 1. The van der Waals surface area contributed by atoms with Crippen molar-refractivity contribution < 1.29 is 4.79 Å². The average molecular weight is 477 g/mol. The van der Waals surface area contributed by atoms with Gasteiger partial charge in [-0.15, -0.1) is 0 Å². The fourth-order valence-corrected chi connectivity index (χ4v) is 3.90. The number of aryl methyl sites for hydroxylation is 1. The number of aromatic amines is 2. The summed E-state index contributed by atoms with van der Waals surface area (Å²) < 4.78 is 1.88. The zero-order valence-electron chi connectivity index (χ0n) is 19.1. The van der Waals surface area contributed by atoms with Gasteiger partial charge in [-0.1, -0.05) is 12.1 Å². The van der Waals surface area contributed by atoms with Gasteiger partial charge in [0.25, 0.3) is 0 Å². The van der Waals surface area contributed by atoms with Crippen LogP contribution in [0.25, 0.3) is 39.4 Å². The molecule has 176 valence electrons. The summed E-state index contributed by atoms with van der Waals surface area (Å²) in [5, 5.41) is 13.5. The third-order valence-electron chi connectivity index (χ3n) is 5.63. The van der Waals surface area contributed by atoms with Gasteiger partial charge in [0.05, 0.1) is 16.8 Å². The van der Waals surface area contributed by atoms with Crippen molar-refractivity contribution in [3.8, 4) is 28.3 Å². The van der Waals surface area contributed by atoms with Crippen LogP contribution in [-0.2, 0) is 0 Å². The number of rotatable bonds is 5. The van der Waals surface area contributed by atoms with E-state index in [1.54, 1.807) is 24.8 Å². The summed E-state index contributed by atoms with van der Waals surface area (Å²) in [7, 11) is 0. The number of nitrogens with zero attached hydrogens (tertiary/aromatic N) is 6. The third kappa shape index (κ3) is 4.16. The van der Waals surface area contributed by atoms with Crippen LogP contribution in [0.1, 0.15) is 5.69 Å². The number of amides is 2. The van der Waals surface area contributed by atoms with Crippen molar-refractivity contribution >= 4 is 28.6 Å². The zero-order valence-corrected chi connectivity index (χ0v) is 19.1. The van der Waals surface area contributed by atoms with Gasteiger partial charge in [-0.05, 0) is 42.8 Å². The molecule has 0 bridgehead atoms. The van der Waals surface area contributed by atoms with E-state index in [0.29, 0.717) is 11.5 Å². The molecule has 0 unspecified atom stereocenters. The number of urea groups is 1. The minimum absolute atomic E-state index is 0.392. The van der Waals surface area contributed by atoms with Crippen molar-refractivity contribution in [3.05, 3.63) is 85.5 Å². The van der Waals surface area contributed by atoms with Gasteiger partial charge in [0.2, 0.25) is 0 Å². The molecule has 5 heterocycles. The first-order valence-electron chi connectivity index (χ1n) is 11.1. The SMILES string of the molecule is Cc1cn(-c2ncnc3[nH]c(-c4ccc(NC(=O)Nc5cc(-c6ccncc6)[nH]n5)cc4)cc23)cn1. The van der Waals surface area contributed by atoms with Gasteiger partial charge in [0.15, 0.2) is 11.6 Å². The maximum absolute atomic E-state index is 12.5. The first kappa shape index (κ1) is 21.2. The number of hydrogen-bond donors (Lipinski definition) is 4. The van der Waals surface area contributed by atoms with E-state index >= 15 is 0 Å². The van der Waals surface area contributed by atoms with Crippen molar-refractivity contribution in [2.75, 3.05) is 10.6 Å². The molecule has 0 atom stereocenters. The number of hydrogen-bond acceptors (Lipinski definition) is 6. The zero-order chi connectivity index (χ0) is 24.5. The summed E-state index contributed by atoms with van der Waals surface area (Å²) in [6, 6.07) is 14.6. The lowest BCUT2D eigenvalue weighted by molar-refractivity contribution is 0.262. The van der Waals surface area contributed by atoms with Crippen LogP contribution in [0.15, 0.2) is 79.8 Å². The Labute approximate surface area is 204 Å². The quantitative estimate of drug-likeness (QED) is 0.288. The standard InChI is InChI=1S/C25H20N10O/c1-15-12-35(14-29-15)24-19-10-20(31-23(19)27-13-28-24)16-2-4-18(5-3-16)30-25(36)32-22-11-21(33-34-22)17-6-8-26-9-7-17/h2-14H,1H3,(H,27,28,31)(H3,30,32,33,34,36). The molecule has 36 heavy (non-hydrogen) atoms. The second kappa shape index (κ2) is 8.80. The number of carbonyl (C=O) groups excluding carboxylic acids is 1. The van der Waals surface area contributed by atoms with Crippen LogP contribution >= 0.6 is 0 Å². The van der Waals surface area contributed by atoms with Gasteiger partial charge < -0.3 is 10.3 Å². The molecule has 2 amide bonds. The number of fused-ring (bicyclic) bond motifs is 1. The first-order chi connectivity index (χ1) is 17.6. The van der Waals surface area contributed by atoms with Gasteiger partial charge in [-0.25, -0.2) is 19.7 Å². The molecule has 6 aromatic rings. The maximum Gasteiger partial charge on any atom is 0.324 e. The number of benzene rings is 1.